The van der Waals surface area contributed by atoms with Crippen molar-refractivity contribution in [1.82, 2.24) is 0 Å². The molecule has 1 N–H and O–H groups in total. The van der Waals surface area contributed by atoms with Crippen LogP contribution in [0.15, 0.2) is 30.3 Å². The fourth-order valence-electron chi connectivity index (χ4n) is 2.09. The number of carbonyl (C=O) groups is 1. The molecule has 10 heteroatoms. The van der Waals surface area contributed by atoms with Crippen molar-refractivity contribution in [2.75, 3.05) is 12.4 Å². The van der Waals surface area contributed by atoms with E-state index in [1.807, 2.05) is 6.92 Å². The summed E-state index contributed by atoms with van der Waals surface area (Å²) in [7, 11) is 1.42. The van der Waals surface area contributed by atoms with Gasteiger partial charge in [0.1, 0.15) is 5.75 Å². The Bertz CT molecular complexity index is 849. The van der Waals surface area contributed by atoms with Crippen molar-refractivity contribution in [2.45, 2.75) is 6.92 Å². The second-order valence-corrected chi connectivity index (χ2v) is 5.38. The molecule has 0 unspecified atom stereocenters. The van der Waals surface area contributed by atoms with Gasteiger partial charge in [0.15, 0.2) is 5.02 Å². The Balaban J connectivity index is 2.46. The Morgan fingerprint density at radius 2 is 1.68 bits per heavy atom. The first-order valence-corrected chi connectivity index (χ1v) is 7.20. The van der Waals surface area contributed by atoms with Gasteiger partial charge in [-0.1, -0.05) is 17.7 Å². The van der Waals surface area contributed by atoms with E-state index in [0.29, 0.717) is 11.4 Å². The van der Waals surface area contributed by atoms with E-state index in [0.717, 1.165) is 17.7 Å². The quantitative estimate of drug-likeness (QED) is 0.635. The van der Waals surface area contributed by atoms with Crippen LogP contribution in [0.2, 0.25) is 5.02 Å². The van der Waals surface area contributed by atoms with Gasteiger partial charge in [-0.15, -0.1) is 0 Å². The van der Waals surface area contributed by atoms with Gasteiger partial charge in [0.2, 0.25) is 0 Å². The van der Waals surface area contributed by atoms with Gasteiger partial charge in [0.25, 0.3) is 17.3 Å². The summed E-state index contributed by atoms with van der Waals surface area (Å²) in [5, 5.41) is 23.9. The van der Waals surface area contributed by atoms with Crippen molar-refractivity contribution in [3.05, 3.63) is 66.7 Å². The summed E-state index contributed by atoms with van der Waals surface area (Å²) in [5.41, 5.74) is -0.509. The maximum atomic E-state index is 12.4. The molecule has 0 aliphatic heterocycles. The van der Waals surface area contributed by atoms with Crippen molar-refractivity contribution < 1.29 is 19.4 Å². The van der Waals surface area contributed by atoms with Crippen LogP contribution in [0.4, 0.5) is 17.1 Å². The number of hydrogen-bond donors (Lipinski definition) is 1. The number of halogens is 1. The molecule has 0 bridgehead atoms. The van der Waals surface area contributed by atoms with Gasteiger partial charge in [-0.25, -0.2) is 0 Å². The maximum Gasteiger partial charge on any atom is 0.295 e. The first-order chi connectivity index (χ1) is 11.7. The number of methoxy groups -OCH3 is 1. The number of nitrogens with one attached hydrogen (secondary N) is 1. The molecule has 130 valence electrons. The van der Waals surface area contributed by atoms with Crippen LogP contribution < -0.4 is 10.1 Å². The number of amides is 1. The molecule has 0 saturated heterocycles. The van der Waals surface area contributed by atoms with E-state index in [1.54, 1.807) is 18.2 Å². The predicted molar refractivity (Wildman–Crippen MR) is 90.4 cm³/mol. The minimum absolute atomic E-state index is 0.273. The van der Waals surface area contributed by atoms with E-state index < -0.39 is 32.2 Å². The minimum Gasteiger partial charge on any atom is -0.495 e. The molecule has 0 spiro atoms. The fraction of sp³-hybridized carbons (Fsp3) is 0.133. The molecule has 0 heterocycles. The monoisotopic (exact) mass is 365 g/mol. The number of anilines is 1. The summed E-state index contributed by atoms with van der Waals surface area (Å²) >= 11 is 5.67. The zero-order chi connectivity index (χ0) is 18.7. The molecule has 0 fully saturated rings. The van der Waals surface area contributed by atoms with Crippen LogP contribution >= 0.6 is 11.6 Å². The second kappa shape index (κ2) is 7.14. The third-order valence-corrected chi connectivity index (χ3v) is 3.68. The van der Waals surface area contributed by atoms with Crippen molar-refractivity contribution in [2.24, 2.45) is 0 Å². The summed E-state index contributed by atoms with van der Waals surface area (Å²) in [6.45, 7) is 1.83. The number of nitrogens with zero attached hydrogens (tertiary/aromatic N) is 2. The van der Waals surface area contributed by atoms with Crippen LogP contribution in [0.1, 0.15) is 15.9 Å². The summed E-state index contributed by atoms with van der Waals surface area (Å²) < 4.78 is 5.15. The SMILES string of the molecule is COc1cc(C)ccc1NC(=O)c1cc([N+](=O)[O-])c(Cl)c([N+](=O)[O-])c1. The van der Waals surface area contributed by atoms with Crippen molar-refractivity contribution in [1.29, 1.82) is 0 Å². The molecular formula is C15H12ClN3O6. The van der Waals surface area contributed by atoms with Crippen LogP contribution in [0.5, 0.6) is 5.75 Å². The number of carbonyl (C=O) groups excluding carboxylic acids is 1. The maximum absolute atomic E-state index is 12.4. The number of benzene rings is 2. The van der Waals surface area contributed by atoms with Gasteiger partial charge in [-0.05, 0) is 24.6 Å². The average molecular weight is 366 g/mol. The Hall–Kier alpha value is -3.20. The van der Waals surface area contributed by atoms with Crippen molar-refractivity contribution in [3.8, 4) is 5.75 Å². The Morgan fingerprint density at radius 3 is 2.16 bits per heavy atom. The predicted octanol–water partition coefficient (Wildman–Crippen LogP) is 3.73. The van der Waals surface area contributed by atoms with E-state index in [9.17, 15) is 25.0 Å². The van der Waals surface area contributed by atoms with Gasteiger partial charge in [-0.2, -0.15) is 0 Å². The molecule has 9 nitrogen and oxygen atoms in total. The van der Waals surface area contributed by atoms with E-state index in [1.165, 1.54) is 7.11 Å². The highest BCUT2D eigenvalue weighted by molar-refractivity contribution is 6.35. The molecule has 0 aromatic heterocycles. The van der Waals surface area contributed by atoms with Gasteiger partial charge in [-0.3, -0.25) is 25.0 Å². The molecular weight excluding hydrogens is 354 g/mol. The smallest absolute Gasteiger partial charge is 0.295 e. The van der Waals surface area contributed by atoms with Crippen LogP contribution in [0.3, 0.4) is 0 Å². The lowest BCUT2D eigenvalue weighted by atomic mass is 10.1. The number of nitro groups is 2. The molecule has 2 aromatic carbocycles. The van der Waals surface area contributed by atoms with E-state index >= 15 is 0 Å². The van der Waals surface area contributed by atoms with Crippen molar-refractivity contribution in [3.63, 3.8) is 0 Å². The molecule has 25 heavy (non-hydrogen) atoms. The van der Waals surface area contributed by atoms with Crippen LogP contribution in [-0.4, -0.2) is 22.9 Å². The number of aryl methyl sites for hydroxylation is 1. The Kier molecular flexibility index (Phi) is 5.18. The minimum atomic E-state index is -0.890. The first-order valence-electron chi connectivity index (χ1n) is 6.83. The molecule has 0 aliphatic rings. The Morgan fingerprint density at radius 1 is 1.12 bits per heavy atom. The molecule has 0 saturated carbocycles. The first kappa shape index (κ1) is 18.1. The van der Waals surface area contributed by atoms with Crippen LogP contribution in [-0.2, 0) is 0 Å². The van der Waals surface area contributed by atoms with E-state index in [4.69, 9.17) is 16.3 Å². The highest BCUT2D eigenvalue weighted by Crippen LogP contribution is 2.35. The lowest BCUT2D eigenvalue weighted by Gasteiger charge is -2.11. The lowest BCUT2D eigenvalue weighted by Crippen LogP contribution is -2.13. The summed E-state index contributed by atoms with van der Waals surface area (Å²) in [6, 6.07) is 6.76. The number of hydrogen-bond acceptors (Lipinski definition) is 6. The van der Waals surface area contributed by atoms with Gasteiger partial charge in [0, 0.05) is 12.1 Å². The molecule has 0 radical (unpaired) electrons. The van der Waals surface area contributed by atoms with Gasteiger partial charge < -0.3 is 10.1 Å². The zero-order valence-corrected chi connectivity index (χ0v) is 13.9. The summed E-state index contributed by atoms with van der Waals surface area (Å²) in [5.74, 6) is -0.392. The van der Waals surface area contributed by atoms with Crippen LogP contribution in [0.25, 0.3) is 0 Å². The topological polar surface area (TPSA) is 125 Å². The highest BCUT2D eigenvalue weighted by atomic mass is 35.5. The normalized spacial score (nSPS) is 10.2. The van der Waals surface area contributed by atoms with Crippen molar-refractivity contribution >= 4 is 34.6 Å². The van der Waals surface area contributed by atoms with Gasteiger partial charge in [0.05, 0.1) is 28.2 Å². The highest BCUT2D eigenvalue weighted by Gasteiger charge is 2.27. The molecule has 0 aliphatic carbocycles. The molecule has 0 atom stereocenters. The zero-order valence-electron chi connectivity index (χ0n) is 13.1. The lowest BCUT2D eigenvalue weighted by molar-refractivity contribution is -0.393. The third kappa shape index (κ3) is 3.83. The van der Waals surface area contributed by atoms with Crippen LogP contribution in [0, 0.1) is 27.2 Å². The summed E-state index contributed by atoms with van der Waals surface area (Å²) in [4.78, 5) is 32.6. The van der Waals surface area contributed by atoms with E-state index in [-0.39, 0.29) is 5.56 Å². The third-order valence-electron chi connectivity index (χ3n) is 3.30. The standard InChI is InChI=1S/C15H12ClN3O6/c1-8-3-4-10(13(5-8)25-2)17-15(20)9-6-11(18(21)22)14(16)12(7-9)19(23)24/h3-7H,1-2H3,(H,17,20). The largest absolute Gasteiger partial charge is 0.495 e. The molecule has 2 aromatic rings. The molecule has 2 rings (SSSR count). The number of ether oxygens (including phenoxy) is 1. The molecule has 1 amide bonds. The van der Waals surface area contributed by atoms with E-state index in [2.05, 4.69) is 5.32 Å². The Labute approximate surface area is 146 Å². The summed E-state index contributed by atoms with van der Waals surface area (Å²) in [6.07, 6.45) is 0. The number of nitro benzene ring substituents is 2. The second-order valence-electron chi connectivity index (χ2n) is 5.00. The van der Waals surface area contributed by atoms with Gasteiger partial charge >= 0.3 is 0 Å². The fourth-order valence-corrected chi connectivity index (χ4v) is 2.33. The number of rotatable bonds is 5. The average Bonchev–Trinajstić information content (AvgIpc) is 2.55.